The minimum atomic E-state index is -4.96. The Labute approximate surface area is 167 Å². The van der Waals surface area contributed by atoms with E-state index in [4.69, 9.17) is 14.6 Å². The molecule has 0 amide bonds. The molecule has 0 unspecified atom stereocenters. The van der Waals surface area contributed by atoms with Gasteiger partial charge in [0.2, 0.25) is 21.7 Å². The van der Waals surface area contributed by atoms with Gasteiger partial charge in [0.15, 0.2) is 28.2 Å². The topological polar surface area (TPSA) is 131 Å². The summed E-state index contributed by atoms with van der Waals surface area (Å²) in [4.78, 5) is 14.1. The van der Waals surface area contributed by atoms with Gasteiger partial charge >= 0.3 is 0 Å². The van der Waals surface area contributed by atoms with E-state index in [0.717, 1.165) is 0 Å². The summed E-state index contributed by atoms with van der Waals surface area (Å²) in [5.41, 5.74) is 0. The number of aromatic nitrogens is 2. The highest BCUT2D eigenvalue weighted by atomic mass is 32.2. The van der Waals surface area contributed by atoms with Crippen LogP contribution in [0.25, 0.3) is 0 Å². The molecule has 0 aliphatic carbocycles. The average molecular weight is 458 g/mol. The number of benzene rings is 1. The van der Waals surface area contributed by atoms with Gasteiger partial charge in [-0.05, 0) is 6.42 Å². The van der Waals surface area contributed by atoms with Crippen LogP contribution in [0.5, 0.6) is 5.88 Å². The fraction of sp³-hybridized carbons (Fsp3) is 0.267. The molecule has 30 heavy (non-hydrogen) atoms. The SMILES string of the molecule is COc1cc(NCCCNS(=O)(=O)c2c(F)c(F)c(F)c(F)c2F)ncn1.O=CO. The molecular weight excluding hydrogens is 443 g/mol. The molecule has 9 nitrogen and oxygen atoms in total. The third-order valence-electron chi connectivity index (χ3n) is 3.24. The number of carboxylic acid groups (broad SMARTS) is 1. The van der Waals surface area contributed by atoms with Crippen LogP contribution < -0.4 is 14.8 Å². The number of carbonyl (C=O) groups is 1. The highest BCUT2D eigenvalue weighted by molar-refractivity contribution is 7.89. The summed E-state index contributed by atoms with van der Waals surface area (Å²) in [6.45, 7) is -0.406. The summed E-state index contributed by atoms with van der Waals surface area (Å²) in [6.07, 6.45) is 1.34. The minimum Gasteiger partial charge on any atom is -0.483 e. The normalized spacial score (nSPS) is 10.7. The first-order chi connectivity index (χ1) is 14.1. The fourth-order valence-corrected chi connectivity index (χ4v) is 3.16. The van der Waals surface area contributed by atoms with Gasteiger partial charge in [-0.2, -0.15) is 0 Å². The molecule has 15 heteroatoms. The average Bonchev–Trinajstić information content (AvgIpc) is 2.71. The number of hydrogen-bond acceptors (Lipinski definition) is 7. The second kappa shape index (κ2) is 11.2. The second-order valence-corrected chi connectivity index (χ2v) is 6.83. The maximum atomic E-state index is 13.6. The first-order valence-electron chi connectivity index (χ1n) is 7.79. The standard InChI is InChI=1S/C14H13F5N4O3S.CH2O2/c1-26-8-5-7(21-6-22-8)20-3-2-4-23-27(24,25)14-12(18)10(16)9(15)11(17)13(14)19;2-1-3/h5-6,23H,2-4H2,1H3,(H,20,21,22);1H,(H,2,3). The van der Waals surface area contributed by atoms with Crippen molar-refractivity contribution in [1.29, 1.82) is 0 Å². The van der Waals surface area contributed by atoms with Gasteiger partial charge in [0.1, 0.15) is 12.1 Å². The van der Waals surface area contributed by atoms with Crippen LogP contribution >= 0.6 is 0 Å². The molecule has 1 aromatic carbocycles. The monoisotopic (exact) mass is 458 g/mol. The van der Waals surface area contributed by atoms with E-state index in [1.807, 2.05) is 0 Å². The Morgan fingerprint density at radius 3 is 2.10 bits per heavy atom. The van der Waals surface area contributed by atoms with E-state index in [1.54, 1.807) is 4.72 Å². The zero-order valence-corrected chi connectivity index (χ0v) is 15.9. The van der Waals surface area contributed by atoms with Crippen LogP contribution in [0.15, 0.2) is 17.3 Å². The van der Waals surface area contributed by atoms with Gasteiger partial charge in [-0.25, -0.2) is 45.1 Å². The number of rotatable bonds is 8. The predicted octanol–water partition coefficient (Wildman–Crippen LogP) is 1.66. The number of nitrogens with one attached hydrogen (secondary N) is 2. The lowest BCUT2D eigenvalue weighted by atomic mass is 10.3. The van der Waals surface area contributed by atoms with Crippen LogP contribution in [0.2, 0.25) is 0 Å². The van der Waals surface area contributed by atoms with E-state index in [-0.39, 0.29) is 26.0 Å². The van der Waals surface area contributed by atoms with Gasteiger partial charge in [-0.3, -0.25) is 4.79 Å². The first kappa shape index (κ1) is 25.0. The van der Waals surface area contributed by atoms with E-state index < -0.39 is 44.0 Å². The predicted molar refractivity (Wildman–Crippen MR) is 91.8 cm³/mol. The number of ether oxygens (including phenoxy) is 1. The minimum absolute atomic E-state index is 0.112. The summed E-state index contributed by atoms with van der Waals surface area (Å²) < 4.78 is 96.9. The molecule has 1 aromatic heterocycles. The van der Waals surface area contributed by atoms with E-state index in [1.165, 1.54) is 19.5 Å². The van der Waals surface area contributed by atoms with E-state index in [2.05, 4.69) is 15.3 Å². The van der Waals surface area contributed by atoms with Gasteiger partial charge in [0, 0.05) is 19.2 Å². The molecule has 0 bridgehead atoms. The molecule has 0 atom stereocenters. The van der Waals surface area contributed by atoms with Crippen LogP contribution in [-0.4, -0.2) is 50.2 Å². The number of nitrogens with zero attached hydrogens (tertiary/aromatic N) is 2. The Kier molecular flexibility index (Phi) is 9.32. The Balaban J connectivity index is 0.00000141. The van der Waals surface area contributed by atoms with Crippen LogP contribution in [0.4, 0.5) is 27.8 Å². The molecule has 166 valence electrons. The smallest absolute Gasteiger partial charge is 0.290 e. The molecule has 0 aliphatic rings. The zero-order valence-electron chi connectivity index (χ0n) is 15.1. The van der Waals surface area contributed by atoms with E-state index in [9.17, 15) is 30.4 Å². The quantitative estimate of drug-likeness (QED) is 0.179. The van der Waals surface area contributed by atoms with Crippen LogP contribution in [0, 0.1) is 29.1 Å². The molecule has 2 aromatic rings. The Bertz CT molecular complexity index is 965. The van der Waals surface area contributed by atoms with Crippen LogP contribution in [-0.2, 0) is 14.8 Å². The highest BCUT2D eigenvalue weighted by Crippen LogP contribution is 2.26. The van der Waals surface area contributed by atoms with Crippen molar-refractivity contribution < 1.29 is 45.0 Å². The number of sulfonamides is 1. The highest BCUT2D eigenvalue weighted by Gasteiger charge is 2.33. The molecule has 0 saturated heterocycles. The number of methoxy groups -OCH3 is 1. The third-order valence-corrected chi connectivity index (χ3v) is 4.72. The van der Waals surface area contributed by atoms with Crippen molar-refractivity contribution in [3.63, 3.8) is 0 Å². The Morgan fingerprint density at radius 2 is 1.57 bits per heavy atom. The fourth-order valence-electron chi connectivity index (χ4n) is 1.95. The lowest BCUT2D eigenvalue weighted by molar-refractivity contribution is -0.122. The molecule has 0 aliphatic heterocycles. The van der Waals surface area contributed by atoms with Crippen LogP contribution in [0.1, 0.15) is 6.42 Å². The van der Waals surface area contributed by atoms with Crippen molar-refractivity contribution in [3.05, 3.63) is 41.5 Å². The van der Waals surface area contributed by atoms with Crippen molar-refractivity contribution in [2.24, 2.45) is 0 Å². The maximum absolute atomic E-state index is 13.6. The van der Waals surface area contributed by atoms with Gasteiger partial charge in [-0.15, -0.1) is 0 Å². The summed E-state index contributed by atoms with van der Waals surface area (Å²) >= 11 is 0. The van der Waals surface area contributed by atoms with Crippen molar-refractivity contribution >= 4 is 22.3 Å². The number of anilines is 1. The molecule has 0 radical (unpaired) electrons. The molecule has 1 heterocycles. The molecule has 3 N–H and O–H groups in total. The largest absolute Gasteiger partial charge is 0.483 e. The number of hydrogen-bond donors (Lipinski definition) is 3. The van der Waals surface area contributed by atoms with Crippen molar-refractivity contribution in [3.8, 4) is 5.88 Å². The molecule has 2 rings (SSSR count). The third kappa shape index (κ3) is 6.21. The first-order valence-corrected chi connectivity index (χ1v) is 9.27. The summed E-state index contributed by atoms with van der Waals surface area (Å²) in [5.74, 6) is -11.3. The van der Waals surface area contributed by atoms with E-state index in [0.29, 0.717) is 11.7 Å². The molecule has 0 fully saturated rings. The molecule has 0 spiro atoms. The summed E-state index contributed by atoms with van der Waals surface area (Å²) in [7, 11) is -3.56. The van der Waals surface area contributed by atoms with Gasteiger partial charge < -0.3 is 15.2 Å². The van der Waals surface area contributed by atoms with Gasteiger partial charge in [-0.1, -0.05) is 0 Å². The summed E-state index contributed by atoms with van der Waals surface area (Å²) in [5, 5.41) is 9.70. The zero-order chi connectivity index (χ0) is 22.9. The number of halogens is 5. The van der Waals surface area contributed by atoms with E-state index >= 15 is 0 Å². The van der Waals surface area contributed by atoms with Crippen LogP contribution in [0.3, 0.4) is 0 Å². The Morgan fingerprint density at radius 1 is 1.03 bits per heavy atom. The lowest BCUT2D eigenvalue weighted by Crippen LogP contribution is -2.29. The van der Waals surface area contributed by atoms with Gasteiger partial charge in [0.25, 0.3) is 6.47 Å². The van der Waals surface area contributed by atoms with Crippen molar-refractivity contribution in [2.45, 2.75) is 11.3 Å². The van der Waals surface area contributed by atoms with Crippen molar-refractivity contribution in [1.82, 2.24) is 14.7 Å². The molecular formula is C15H15F5N4O5S. The van der Waals surface area contributed by atoms with Crippen molar-refractivity contribution in [2.75, 3.05) is 25.5 Å². The Hall–Kier alpha value is -3.07. The second-order valence-electron chi connectivity index (χ2n) is 5.13. The van der Waals surface area contributed by atoms with Gasteiger partial charge in [0.05, 0.1) is 7.11 Å². The molecule has 0 saturated carbocycles. The maximum Gasteiger partial charge on any atom is 0.290 e. The lowest BCUT2D eigenvalue weighted by Gasteiger charge is -2.11. The summed E-state index contributed by atoms with van der Waals surface area (Å²) in [6, 6.07) is 1.47.